The van der Waals surface area contributed by atoms with Crippen molar-refractivity contribution in [3.8, 4) is 5.75 Å². The largest absolute Gasteiger partial charge is 0.494 e. The van der Waals surface area contributed by atoms with E-state index in [-0.39, 0.29) is 44.9 Å². The molecular weight excluding hydrogens is 558 g/mol. The number of hydrogen-bond acceptors (Lipinski definition) is 9. The van der Waals surface area contributed by atoms with Gasteiger partial charge in [0.1, 0.15) is 12.3 Å². The Morgan fingerprint density at radius 3 is 2.56 bits per heavy atom. The third-order valence-corrected chi connectivity index (χ3v) is 7.27. The van der Waals surface area contributed by atoms with Gasteiger partial charge in [0.25, 0.3) is 5.56 Å². The van der Waals surface area contributed by atoms with Crippen molar-refractivity contribution in [2.75, 3.05) is 34.0 Å². The van der Waals surface area contributed by atoms with Gasteiger partial charge in [0.2, 0.25) is 0 Å². The van der Waals surface area contributed by atoms with Crippen LogP contribution >= 0.6 is 8.60 Å². The van der Waals surface area contributed by atoms with Gasteiger partial charge in [-0.15, -0.1) is 0 Å². The van der Waals surface area contributed by atoms with Gasteiger partial charge in [-0.1, -0.05) is 36.4 Å². The zero-order valence-corrected chi connectivity index (χ0v) is 23.8. The monoisotopic (exact) mass is 592 g/mol. The van der Waals surface area contributed by atoms with Crippen molar-refractivity contribution in [2.24, 2.45) is 0 Å². The molecule has 4 rings (SSSR count). The minimum atomic E-state index is -1.81. The van der Waals surface area contributed by atoms with Gasteiger partial charge in [-0.25, -0.2) is 9.18 Å². The fourth-order valence-corrected chi connectivity index (χ4v) is 5.17. The van der Waals surface area contributed by atoms with Gasteiger partial charge in [0.15, 0.2) is 11.6 Å². The minimum Gasteiger partial charge on any atom is -0.494 e. The maximum Gasteiger partial charge on any atom is 0.333 e. The summed E-state index contributed by atoms with van der Waals surface area (Å²) < 4.78 is 55.6. The van der Waals surface area contributed by atoms with Gasteiger partial charge in [-0.2, -0.15) is 0 Å². The molecule has 4 unspecified atom stereocenters. The number of methoxy groups -OCH3 is 2. The molecule has 0 saturated carbocycles. The van der Waals surface area contributed by atoms with Crippen LogP contribution in [0.4, 0.5) is 4.39 Å². The van der Waals surface area contributed by atoms with Crippen LogP contribution in [0, 0.1) is 5.82 Å². The summed E-state index contributed by atoms with van der Waals surface area (Å²) >= 11 is 0. The Balaban J connectivity index is 1.32. The average molecular weight is 593 g/mol. The van der Waals surface area contributed by atoms with Crippen LogP contribution in [0.3, 0.4) is 0 Å². The van der Waals surface area contributed by atoms with E-state index in [9.17, 15) is 14.0 Å². The zero-order valence-electron chi connectivity index (χ0n) is 22.9. The van der Waals surface area contributed by atoms with Gasteiger partial charge in [-0.3, -0.25) is 14.3 Å². The van der Waals surface area contributed by atoms with E-state index in [1.54, 1.807) is 19.2 Å². The van der Waals surface area contributed by atoms with Gasteiger partial charge >= 0.3 is 14.3 Å². The molecule has 1 fully saturated rings. The van der Waals surface area contributed by atoms with Crippen LogP contribution in [-0.2, 0) is 41.0 Å². The van der Waals surface area contributed by atoms with Gasteiger partial charge in [0, 0.05) is 19.4 Å². The maximum absolute atomic E-state index is 14.1. The van der Waals surface area contributed by atoms with E-state index < -0.39 is 38.0 Å². The highest BCUT2D eigenvalue weighted by Gasteiger charge is 2.29. The quantitative estimate of drug-likeness (QED) is 0.246. The molecule has 0 radical (unpaired) electrons. The summed E-state index contributed by atoms with van der Waals surface area (Å²) in [6.07, 6.45) is 1.37. The van der Waals surface area contributed by atoms with Crippen LogP contribution in [-0.4, -0.2) is 55.8 Å². The Morgan fingerprint density at radius 2 is 1.83 bits per heavy atom. The second-order valence-electron chi connectivity index (χ2n) is 9.24. The SMILES string of the molecule is COCC(COP(OCc1ccccc1)OCC1CCC(n2ccc(=O)[nH]c2=O)O1)OCc1ccc(OC)c(F)c1. The van der Waals surface area contributed by atoms with Crippen LogP contribution in [0.1, 0.15) is 30.2 Å². The molecule has 0 bridgehead atoms. The summed E-state index contributed by atoms with van der Waals surface area (Å²) in [6, 6.07) is 15.5. The topological polar surface area (TPSA) is 119 Å². The van der Waals surface area contributed by atoms with Gasteiger partial charge in [-0.05, 0) is 36.1 Å². The second-order valence-corrected chi connectivity index (χ2v) is 10.5. The predicted octanol–water partition coefficient (Wildman–Crippen LogP) is 4.07. The minimum absolute atomic E-state index is 0.105. The van der Waals surface area contributed by atoms with Crippen LogP contribution in [0.15, 0.2) is 70.4 Å². The van der Waals surface area contributed by atoms with Crippen LogP contribution in [0.2, 0.25) is 0 Å². The molecule has 0 spiro atoms. The van der Waals surface area contributed by atoms with Crippen molar-refractivity contribution in [3.63, 3.8) is 0 Å². The molecule has 41 heavy (non-hydrogen) atoms. The first kappa shape index (κ1) is 31.0. The van der Waals surface area contributed by atoms with Crippen molar-refractivity contribution in [2.45, 2.75) is 44.5 Å². The summed E-state index contributed by atoms with van der Waals surface area (Å²) in [5.41, 5.74) is 0.600. The van der Waals surface area contributed by atoms with E-state index in [1.807, 2.05) is 30.3 Å². The maximum atomic E-state index is 14.1. The molecule has 4 atom stereocenters. The fourth-order valence-electron chi connectivity index (χ4n) is 4.11. The smallest absolute Gasteiger partial charge is 0.333 e. The van der Waals surface area contributed by atoms with Crippen LogP contribution in [0.25, 0.3) is 0 Å². The van der Waals surface area contributed by atoms with Gasteiger partial charge < -0.3 is 32.5 Å². The van der Waals surface area contributed by atoms with Crippen molar-refractivity contribution >= 4 is 8.60 Å². The average Bonchev–Trinajstić information content (AvgIpc) is 3.44. The molecule has 1 N–H and O–H groups in total. The lowest BCUT2D eigenvalue weighted by Gasteiger charge is -2.22. The second kappa shape index (κ2) is 15.9. The Labute approximate surface area is 238 Å². The molecule has 1 saturated heterocycles. The zero-order chi connectivity index (χ0) is 29.0. The van der Waals surface area contributed by atoms with Crippen LogP contribution < -0.4 is 16.0 Å². The molecule has 1 aromatic heterocycles. The van der Waals surface area contributed by atoms with Crippen molar-refractivity contribution in [3.05, 3.63) is 98.6 Å². The van der Waals surface area contributed by atoms with E-state index in [1.165, 1.54) is 30.0 Å². The molecule has 13 heteroatoms. The molecule has 1 aliphatic rings. The van der Waals surface area contributed by atoms with Crippen molar-refractivity contribution in [1.82, 2.24) is 9.55 Å². The van der Waals surface area contributed by atoms with E-state index in [2.05, 4.69) is 4.98 Å². The Bertz CT molecular complexity index is 1340. The molecule has 2 heterocycles. The normalized spacial score (nSPS) is 18.3. The Morgan fingerprint density at radius 1 is 1.00 bits per heavy atom. The van der Waals surface area contributed by atoms with Gasteiger partial charge in [0.05, 0.1) is 46.2 Å². The van der Waals surface area contributed by atoms with E-state index in [0.29, 0.717) is 18.4 Å². The number of H-pyrrole nitrogens is 1. The van der Waals surface area contributed by atoms with E-state index in [4.69, 9.17) is 32.5 Å². The standard InChI is InChI=1S/C28H34FN2O9P/c1-34-17-23(36-15-21-8-10-25(35-2)24(29)14-21)19-39-41(37-16-20-6-4-3-5-7-20)38-18-22-9-11-27(40-22)31-13-12-26(32)30-28(31)33/h3-8,10,12-14,22-23,27H,9,11,15-19H2,1-2H3,(H,30,32,33). The fraction of sp³-hybridized carbons (Fsp3) is 0.429. The highest BCUT2D eigenvalue weighted by molar-refractivity contribution is 7.41. The molecule has 2 aromatic carbocycles. The lowest BCUT2D eigenvalue weighted by atomic mass is 10.2. The first-order valence-corrected chi connectivity index (χ1v) is 14.2. The molecular formula is C28H34FN2O9P. The van der Waals surface area contributed by atoms with Crippen molar-refractivity contribution < 1.29 is 36.9 Å². The number of hydrogen-bond donors (Lipinski definition) is 1. The first-order chi connectivity index (χ1) is 19.9. The highest BCUT2D eigenvalue weighted by Crippen LogP contribution is 2.42. The third kappa shape index (κ3) is 9.54. The molecule has 222 valence electrons. The number of rotatable bonds is 16. The number of aromatic amines is 1. The van der Waals surface area contributed by atoms with Crippen LogP contribution in [0.5, 0.6) is 5.75 Å². The number of nitrogens with zero attached hydrogens (tertiary/aromatic N) is 1. The lowest BCUT2D eigenvalue weighted by molar-refractivity contribution is -0.0440. The molecule has 0 aliphatic carbocycles. The summed E-state index contributed by atoms with van der Waals surface area (Å²) in [4.78, 5) is 25.7. The third-order valence-electron chi connectivity index (χ3n) is 6.21. The first-order valence-electron chi connectivity index (χ1n) is 13.1. The molecule has 0 amide bonds. The van der Waals surface area contributed by atoms with E-state index in [0.717, 1.165) is 5.56 Å². The van der Waals surface area contributed by atoms with Crippen molar-refractivity contribution in [1.29, 1.82) is 0 Å². The molecule has 11 nitrogen and oxygen atoms in total. The molecule has 1 aliphatic heterocycles. The summed E-state index contributed by atoms with van der Waals surface area (Å²) in [5.74, 6) is -0.312. The van der Waals surface area contributed by atoms with E-state index >= 15 is 0 Å². The Kier molecular flexibility index (Phi) is 12.0. The number of halogens is 1. The number of nitrogens with one attached hydrogen (secondary N) is 1. The Hall–Kier alpha value is -2.96. The summed E-state index contributed by atoms with van der Waals surface area (Å²) in [6.45, 7) is 0.934. The summed E-state index contributed by atoms with van der Waals surface area (Å²) in [7, 11) is 1.15. The number of benzene rings is 2. The lowest BCUT2D eigenvalue weighted by Crippen LogP contribution is -2.31. The molecule has 3 aromatic rings. The predicted molar refractivity (Wildman–Crippen MR) is 148 cm³/mol. The highest BCUT2D eigenvalue weighted by atomic mass is 31.2. The number of ether oxygens (including phenoxy) is 4. The summed E-state index contributed by atoms with van der Waals surface area (Å²) in [5, 5.41) is 0. The number of aromatic nitrogens is 2.